The summed E-state index contributed by atoms with van der Waals surface area (Å²) in [5.74, 6) is 0.663. The van der Waals surface area contributed by atoms with Crippen LogP contribution in [0, 0.1) is 17.0 Å². The molecular weight excluding hydrogens is 274 g/mol. The first-order valence-corrected chi connectivity index (χ1v) is 7.24. The van der Waals surface area contributed by atoms with Crippen LogP contribution in [0.1, 0.15) is 31.9 Å². The molecule has 0 saturated carbocycles. The van der Waals surface area contributed by atoms with E-state index in [0.717, 1.165) is 32.4 Å². The molecule has 0 amide bonds. The predicted molar refractivity (Wildman–Crippen MR) is 79.7 cm³/mol. The quantitative estimate of drug-likeness (QED) is 0.586. The predicted octanol–water partition coefficient (Wildman–Crippen LogP) is 2.11. The van der Waals surface area contributed by atoms with Crippen LogP contribution in [-0.2, 0) is 4.74 Å². The highest BCUT2D eigenvalue weighted by molar-refractivity contribution is 5.60. The van der Waals surface area contributed by atoms with Crippen LogP contribution in [0.2, 0.25) is 0 Å². The van der Waals surface area contributed by atoms with Gasteiger partial charge in [-0.3, -0.25) is 10.1 Å². The molecule has 0 bridgehead atoms. The molecule has 0 aromatic carbocycles. The van der Waals surface area contributed by atoms with Gasteiger partial charge in [0.1, 0.15) is 5.69 Å². The van der Waals surface area contributed by atoms with Crippen molar-refractivity contribution in [1.29, 1.82) is 0 Å². The molecule has 1 atom stereocenters. The second kappa shape index (κ2) is 7.16. The molecular formula is C13H21N5O3. The second-order valence-electron chi connectivity index (χ2n) is 5.03. The van der Waals surface area contributed by atoms with Crippen LogP contribution in [0.15, 0.2) is 0 Å². The Kier molecular flexibility index (Phi) is 5.26. The minimum Gasteiger partial charge on any atom is -0.376 e. The summed E-state index contributed by atoms with van der Waals surface area (Å²) in [6.45, 7) is 5.64. The van der Waals surface area contributed by atoms with Gasteiger partial charge in [0.25, 0.3) is 0 Å². The molecule has 1 aromatic heterocycles. The van der Waals surface area contributed by atoms with E-state index in [2.05, 4.69) is 20.6 Å². The summed E-state index contributed by atoms with van der Waals surface area (Å²) in [6.07, 6.45) is 3.01. The molecule has 1 aliphatic rings. The summed E-state index contributed by atoms with van der Waals surface area (Å²) in [7, 11) is 0. The molecule has 2 heterocycles. The van der Waals surface area contributed by atoms with Crippen molar-refractivity contribution in [3.8, 4) is 0 Å². The fourth-order valence-corrected chi connectivity index (χ4v) is 2.24. The molecule has 8 heteroatoms. The highest BCUT2D eigenvalue weighted by Crippen LogP contribution is 2.27. The summed E-state index contributed by atoms with van der Waals surface area (Å²) >= 11 is 0. The number of ether oxygens (including phenoxy) is 1. The van der Waals surface area contributed by atoms with Crippen molar-refractivity contribution in [2.75, 3.05) is 30.3 Å². The first-order valence-electron chi connectivity index (χ1n) is 7.24. The smallest absolute Gasteiger partial charge is 0.332 e. The van der Waals surface area contributed by atoms with E-state index < -0.39 is 4.92 Å². The Labute approximate surface area is 123 Å². The summed E-state index contributed by atoms with van der Waals surface area (Å²) in [5.41, 5.74) is 0.276. The lowest BCUT2D eigenvalue weighted by Crippen LogP contribution is -2.20. The van der Waals surface area contributed by atoms with Gasteiger partial charge in [-0.1, -0.05) is 6.92 Å². The fraction of sp³-hybridized carbons (Fsp3) is 0.692. The van der Waals surface area contributed by atoms with Crippen molar-refractivity contribution >= 4 is 17.5 Å². The summed E-state index contributed by atoms with van der Waals surface area (Å²) in [4.78, 5) is 19.1. The van der Waals surface area contributed by atoms with Gasteiger partial charge < -0.3 is 15.4 Å². The molecule has 116 valence electrons. The molecule has 21 heavy (non-hydrogen) atoms. The number of aryl methyl sites for hydroxylation is 1. The lowest BCUT2D eigenvalue weighted by Gasteiger charge is -2.13. The van der Waals surface area contributed by atoms with Crippen LogP contribution in [-0.4, -0.2) is 40.7 Å². The van der Waals surface area contributed by atoms with Crippen molar-refractivity contribution in [3.05, 3.63) is 15.8 Å². The van der Waals surface area contributed by atoms with E-state index in [1.54, 1.807) is 6.92 Å². The molecule has 0 aliphatic carbocycles. The Morgan fingerprint density at radius 1 is 1.43 bits per heavy atom. The van der Waals surface area contributed by atoms with Crippen LogP contribution in [0.4, 0.5) is 17.5 Å². The topological polar surface area (TPSA) is 102 Å². The van der Waals surface area contributed by atoms with Crippen molar-refractivity contribution in [1.82, 2.24) is 9.97 Å². The largest absolute Gasteiger partial charge is 0.376 e. The van der Waals surface area contributed by atoms with Gasteiger partial charge in [0, 0.05) is 19.7 Å². The number of nitrogens with one attached hydrogen (secondary N) is 2. The Morgan fingerprint density at radius 3 is 2.86 bits per heavy atom. The maximum Gasteiger partial charge on any atom is 0.332 e. The highest BCUT2D eigenvalue weighted by Gasteiger charge is 2.23. The van der Waals surface area contributed by atoms with Gasteiger partial charge in [0.05, 0.1) is 11.0 Å². The Hall–Kier alpha value is -1.96. The number of nitro groups is 1. The summed E-state index contributed by atoms with van der Waals surface area (Å²) < 4.78 is 5.51. The Morgan fingerprint density at radius 2 is 2.24 bits per heavy atom. The standard InChI is InChI=1S/C13H21N5O3/c1-3-6-14-13-16-9(2)11(18(19)20)12(17-13)15-8-10-5-4-7-21-10/h10H,3-8H2,1-2H3,(H2,14,15,16,17). The number of nitrogens with zero attached hydrogens (tertiary/aromatic N) is 3. The Bertz CT molecular complexity index is 503. The third-order valence-corrected chi connectivity index (χ3v) is 3.30. The SMILES string of the molecule is CCCNc1nc(C)c([N+](=O)[O-])c(NCC2CCCO2)n1. The third-order valence-electron chi connectivity index (χ3n) is 3.30. The molecule has 2 rings (SSSR count). The number of hydrogen-bond donors (Lipinski definition) is 2. The van der Waals surface area contributed by atoms with Crippen LogP contribution in [0.5, 0.6) is 0 Å². The average molecular weight is 295 g/mol. The lowest BCUT2D eigenvalue weighted by molar-refractivity contribution is -0.385. The third kappa shape index (κ3) is 4.01. The highest BCUT2D eigenvalue weighted by atomic mass is 16.6. The van der Waals surface area contributed by atoms with E-state index in [1.807, 2.05) is 6.92 Å². The molecule has 1 saturated heterocycles. The second-order valence-corrected chi connectivity index (χ2v) is 5.03. The van der Waals surface area contributed by atoms with Crippen LogP contribution in [0.3, 0.4) is 0 Å². The van der Waals surface area contributed by atoms with Crippen molar-refractivity contribution in [3.63, 3.8) is 0 Å². The van der Waals surface area contributed by atoms with E-state index in [4.69, 9.17) is 4.74 Å². The zero-order chi connectivity index (χ0) is 15.2. The number of rotatable bonds is 7. The van der Waals surface area contributed by atoms with E-state index >= 15 is 0 Å². The molecule has 0 spiro atoms. The Balaban J connectivity index is 2.17. The van der Waals surface area contributed by atoms with Gasteiger partial charge in [-0.25, -0.2) is 4.98 Å². The number of aromatic nitrogens is 2. The average Bonchev–Trinajstić information content (AvgIpc) is 2.95. The molecule has 8 nitrogen and oxygen atoms in total. The minimum absolute atomic E-state index is 0.0740. The molecule has 1 unspecified atom stereocenters. The lowest BCUT2D eigenvalue weighted by atomic mass is 10.2. The van der Waals surface area contributed by atoms with Gasteiger partial charge in [0.2, 0.25) is 11.8 Å². The minimum atomic E-state index is -0.448. The normalized spacial score (nSPS) is 17.7. The van der Waals surface area contributed by atoms with Crippen LogP contribution < -0.4 is 10.6 Å². The first kappa shape index (κ1) is 15.4. The molecule has 0 radical (unpaired) electrons. The first-order chi connectivity index (χ1) is 10.1. The van der Waals surface area contributed by atoms with Gasteiger partial charge >= 0.3 is 5.69 Å². The number of anilines is 2. The van der Waals surface area contributed by atoms with Gasteiger partial charge in [0.15, 0.2) is 0 Å². The van der Waals surface area contributed by atoms with Gasteiger partial charge in [-0.05, 0) is 26.2 Å². The maximum atomic E-state index is 11.2. The van der Waals surface area contributed by atoms with E-state index in [-0.39, 0.29) is 17.6 Å². The molecule has 1 fully saturated rings. The number of hydrogen-bond acceptors (Lipinski definition) is 7. The molecule has 1 aromatic rings. The van der Waals surface area contributed by atoms with E-state index in [1.165, 1.54) is 0 Å². The van der Waals surface area contributed by atoms with Gasteiger partial charge in [-0.2, -0.15) is 4.98 Å². The molecule has 1 aliphatic heterocycles. The van der Waals surface area contributed by atoms with E-state index in [0.29, 0.717) is 18.2 Å². The maximum absolute atomic E-state index is 11.2. The zero-order valence-electron chi connectivity index (χ0n) is 12.4. The van der Waals surface area contributed by atoms with Crippen molar-refractivity contribution in [2.24, 2.45) is 0 Å². The van der Waals surface area contributed by atoms with E-state index in [9.17, 15) is 10.1 Å². The zero-order valence-corrected chi connectivity index (χ0v) is 12.4. The fourth-order valence-electron chi connectivity index (χ4n) is 2.24. The summed E-state index contributed by atoms with van der Waals surface area (Å²) in [6, 6.07) is 0. The van der Waals surface area contributed by atoms with Crippen LogP contribution in [0.25, 0.3) is 0 Å². The summed E-state index contributed by atoms with van der Waals surface area (Å²) in [5, 5.41) is 17.3. The van der Waals surface area contributed by atoms with Crippen LogP contribution >= 0.6 is 0 Å². The van der Waals surface area contributed by atoms with Gasteiger partial charge in [-0.15, -0.1) is 0 Å². The van der Waals surface area contributed by atoms with Crippen molar-refractivity contribution in [2.45, 2.75) is 39.2 Å². The van der Waals surface area contributed by atoms with Crippen molar-refractivity contribution < 1.29 is 9.66 Å². The molecule has 2 N–H and O–H groups in total. The monoisotopic (exact) mass is 295 g/mol.